The van der Waals surface area contributed by atoms with Gasteiger partial charge in [0.05, 0.1) is 37.1 Å². The van der Waals surface area contributed by atoms with E-state index in [-0.39, 0.29) is 12.5 Å². The summed E-state index contributed by atoms with van der Waals surface area (Å²) >= 11 is 3.51. The second-order valence-corrected chi connectivity index (χ2v) is 7.23. The molecule has 0 aliphatic carbocycles. The third-order valence-corrected chi connectivity index (χ3v) is 4.99. The fourth-order valence-electron chi connectivity index (χ4n) is 2.95. The summed E-state index contributed by atoms with van der Waals surface area (Å²) in [6.45, 7) is 0.788. The summed E-state index contributed by atoms with van der Waals surface area (Å²) in [5.41, 5.74) is 3.47. The quantitative estimate of drug-likeness (QED) is 0.539. The molecule has 1 amide bonds. The Morgan fingerprint density at radius 2 is 1.90 bits per heavy atom. The maximum absolute atomic E-state index is 12.3. The number of benzene rings is 2. The Bertz CT molecular complexity index is 967. The topological polar surface area (TPSA) is 77.4 Å². The Kier molecular flexibility index (Phi) is 6.90. The normalized spacial score (nSPS) is 10.6. The van der Waals surface area contributed by atoms with Crippen molar-refractivity contribution in [3.8, 4) is 22.8 Å². The number of halogens is 1. The monoisotopic (exact) mass is 458 g/mol. The molecule has 0 unspecified atom stereocenters. The van der Waals surface area contributed by atoms with Crippen molar-refractivity contribution in [1.29, 1.82) is 0 Å². The third kappa shape index (κ3) is 5.16. The van der Waals surface area contributed by atoms with Gasteiger partial charge in [-0.2, -0.15) is 5.10 Å². The van der Waals surface area contributed by atoms with Crippen molar-refractivity contribution in [2.75, 3.05) is 26.1 Å². The number of aromatic nitrogens is 2. The van der Waals surface area contributed by atoms with Crippen LogP contribution in [0.5, 0.6) is 11.5 Å². The van der Waals surface area contributed by atoms with Crippen molar-refractivity contribution >= 4 is 27.5 Å². The number of aryl methyl sites for hydroxylation is 1. The summed E-state index contributed by atoms with van der Waals surface area (Å²) in [5.74, 6) is 1.38. The molecular weight excluding hydrogens is 436 g/mol. The number of rotatable bonds is 8. The predicted molar refractivity (Wildman–Crippen MR) is 116 cm³/mol. The van der Waals surface area contributed by atoms with Gasteiger partial charge in [-0.25, -0.2) is 0 Å². The van der Waals surface area contributed by atoms with Crippen LogP contribution in [0.1, 0.15) is 5.56 Å². The van der Waals surface area contributed by atoms with Crippen molar-refractivity contribution in [3.05, 3.63) is 58.7 Å². The van der Waals surface area contributed by atoms with Crippen LogP contribution in [0.25, 0.3) is 11.3 Å². The molecule has 0 bridgehead atoms. The minimum atomic E-state index is -0.126. The predicted octanol–water partition coefficient (Wildman–Crippen LogP) is 3.60. The molecule has 0 saturated heterocycles. The summed E-state index contributed by atoms with van der Waals surface area (Å²) < 4.78 is 13.2. The van der Waals surface area contributed by atoms with Gasteiger partial charge < -0.3 is 20.1 Å². The molecule has 1 aromatic heterocycles. The molecule has 1 heterocycles. The minimum Gasteiger partial charge on any atom is -0.497 e. The Morgan fingerprint density at radius 1 is 1.14 bits per heavy atom. The lowest BCUT2D eigenvalue weighted by Gasteiger charge is -2.13. The number of hydrogen-bond donors (Lipinski definition) is 2. The fourth-order valence-corrected chi connectivity index (χ4v) is 3.52. The van der Waals surface area contributed by atoms with Crippen LogP contribution in [0.15, 0.2) is 53.1 Å². The highest BCUT2D eigenvalue weighted by Gasteiger charge is 2.15. The molecule has 152 valence electrons. The SMILES string of the molecule is COc1ccc(CNCC(=O)Nc2ccc(OC)c(-c3c(Br)cnn3C)c2)cc1. The number of ether oxygens (including phenoxy) is 2. The number of carbonyl (C=O) groups is 1. The Balaban J connectivity index is 1.63. The van der Waals surface area contributed by atoms with E-state index in [0.717, 1.165) is 27.0 Å². The summed E-state index contributed by atoms with van der Waals surface area (Å²) in [4.78, 5) is 12.3. The van der Waals surface area contributed by atoms with Gasteiger partial charge in [-0.1, -0.05) is 12.1 Å². The minimum absolute atomic E-state index is 0.126. The number of anilines is 1. The first-order valence-electron chi connectivity index (χ1n) is 9.01. The molecule has 0 aliphatic rings. The van der Waals surface area contributed by atoms with Gasteiger partial charge in [-0.3, -0.25) is 9.48 Å². The van der Waals surface area contributed by atoms with Crippen LogP contribution < -0.4 is 20.1 Å². The van der Waals surface area contributed by atoms with Crippen LogP contribution in [0.2, 0.25) is 0 Å². The Hall–Kier alpha value is -2.84. The van der Waals surface area contributed by atoms with Crippen LogP contribution in [0.3, 0.4) is 0 Å². The summed E-state index contributed by atoms with van der Waals surface area (Å²) in [5, 5.41) is 10.3. The van der Waals surface area contributed by atoms with E-state index < -0.39 is 0 Å². The molecular formula is C21H23BrN4O3. The number of hydrogen-bond acceptors (Lipinski definition) is 5. The summed E-state index contributed by atoms with van der Waals surface area (Å²) in [7, 11) is 5.10. The van der Waals surface area contributed by atoms with Gasteiger partial charge in [0.15, 0.2) is 0 Å². The molecule has 0 fully saturated rings. The number of carbonyl (C=O) groups excluding carboxylic acids is 1. The van der Waals surface area contributed by atoms with Crippen molar-refractivity contribution < 1.29 is 14.3 Å². The van der Waals surface area contributed by atoms with E-state index in [0.29, 0.717) is 18.0 Å². The number of methoxy groups -OCH3 is 2. The van der Waals surface area contributed by atoms with Crippen LogP contribution in [0.4, 0.5) is 5.69 Å². The van der Waals surface area contributed by atoms with Crippen LogP contribution >= 0.6 is 15.9 Å². The highest BCUT2D eigenvalue weighted by molar-refractivity contribution is 9.10. The second kappa shape index (κ2) is 9.58. The number of nitrogens with zero attached hydrogens (tertiary/aromatic N) is 2. The second-order valence-electron chi connectivity index (χ2n) is 6.38. The third-order valence-electron chi connectivity index (χ3n) is 4.41. The molecule has 2 aromatic carbocycles. The van der Waals surface area contributed by atoms with Crippen molar-refractivity contribution in [2.24, 2.45) is 7.05 Å². The lowest BCUT2D eigenvalue weighted by Crippen LogP contribution is -2.27. The van der Waals surface area contributed by atoms with E-state index >= 15 is 0 Å². The Labute approximate surface area is 178 Å². The van der Waals surface area contributed by atoms with Gasteiger partial charge in [0.2, 0.25) is 5.91 Å². The molecule has 7 nitrogen and oxygen atoms in total. The van der Waals surface area contributed by atoms with E-state index in [9.17, 15) is 4.79 Å². The molecule has 0 spiro atoms. The summed E-state index contributed by atoms with van der Waals surface area (Å²) in [6, 6.07) is 13.2. The molecule has 8 heteroatoms. The highest BCUT2D eigenvalue weighted by atomic mass is 79.9. The molecule has 2 N–H and O–H groups in total. The number of nitrogens with one attached hydrogen (secondary N) is 2. The first kappa shape index (κ1) is 20.9. The van der Waals surface area contributed by atoms with Crippen molar-refractivity contribution in [2.45, 2.75) is 6.54 Å². The van der Waals surface area contributed by atoms with Gasteiger partial charge in [-0.05, 0) is 51.8 Å². The lowest BCUT2D eigenvalue weighted by atomic mass is 10.1. The van der Waals surface area contributed by atoms with E-state index in [1.54, 1.807) is 25.1 Å². The first-order valence-corrected chi connectivity index (χ1v) is 9.80. The highest BCUT2D eigenvalue weighted by Crippen LogP contribution is 2.36. The maximum atomic E-state index is 12.3. The molecule has 0 saturated carbocycles. The van der Waals surface area contributed by atoms with Crippen molar-refractivity contribution in [3.63, 3.8) is 0 Å². The van der Waals surface area contributed by atoms with E-state index in [2.05, 4.69) is 31.7 Å². The molecule has 29 heavy (non-hydrogen) atoms. The van der Waals surface area contributed by atoms with E-state index in [1.807, 2.05) is 49.5 Å². The average molecular weight is 459 g/mol. The van der Waals surface area contributed by atoms with Gasteiger partial charge in [0.1, 0.15) is 11.5 Å². The lowest BCUT2D eigenvalue weighted by molar-refractivity contribution is -0.115. The Morgan fingerprint density at radius 3 is 2.52 bits per heavy atom. The molecule has 0 atom stereocenters. The van der Waals surface area contributed by atoms with Gasteiger partial charge in [0.25, 0.3) is 0 Å². The molecule has 3 rings (SSSR count). The molecule has 0 radical (unpaired) electrons. The zero-order chi connectivity index (χ0) is 20.8. The zero-order valence-electron chi connectivity index (χ0n) is 16.5. The average Bonchev–Trinajstić information content (AvgIpc) is 3.06. The standard InChI is InChI=1S/C21H23BrN4O3/c1-26-21(18(22)12-24-26)17-10-15(6-9-19(17)29-3)25-20(27)13-23-11-14-4-7-16(28-2)8-5-14/h4-10,12,23H,11,13H2,1-3H3,(H,25,27). The summed E-state index contributed by atoms with van der Waals surface area (Å²) in [6.07, 6.45) is 1.73. The van der Waals surface area contributed by atoms with Crippen molar-refractivity contribution in [1.82, 2.24) is 15.1 Å². The van der Waals surface area contributed by atoms with Crippen LogP contribution in [0, 0.1) is 0 Å². The van der Waals surface area contributed by atoms with E-state index in [4.69, 9.17) is 9.47 Å². The van der Waals surface area contributed by atoms with E-state index in [1.165, 1.54) is 0 Å². The van der Waals surface area contributed by atoms with Gasteiger partial charge >= 0.3 is 0 Å². The van der Waals surface area contributed by atoms with Crippen LogP contribution in [-0.4, -0.2) is 36.5 Å². The zero-order valence-corrected chi connectivity index (χ0v) is 18.1. The number of amides is 1. The smallest absolute Gasteiger partial charge is 0.238 e. The largest absolute Gasteiger partial charge is 0.497 e. The van der Waals surface area contributed by atoms with Gasteiger partial charge in [-0.15, -0.1) is 0 Å². The van der Waals surface area contributed by atoms with Gasteiger partial charge in [0, 0.05) is 24.8 Å². The molecule has 0 aliphatic heterocycles. The maximum Gasteiger partial charge on any atom is 0.238 e. The van der Waals surface area contributed by atoms with Crippen LogP contribution in [-0.2, 0) is 18.4 Å². The molecule has 3 aromatic rings. The first-order chi connectivity index (χ1) is 14.0. The fraction of sp³-hybridized carbons (Fsp3) is 0.238.